The molecule has 0 bridgehead atoms. The SMILES string of the molecule is CCNC(=O)c1nnc(-c2cc(C(C)C)c(O)cc2O)n1-c1ccc(C(=O)N[C@H](C(=O)N[C@@H](CC(C)C)C(=O)N(C)[C@@H](C(=O)N[C@H](C(=O)N(C)C([C@@H](C)CC)[C@@H](CC(=O)N2CCC[C@@H]2[C@@H](OC)[C@@H](C)C(=O)C[C@@H](C)[C@H](O)c2ccccc2)OC)C(C)C)C(C)C)C(C)C)cc1. The van der Waals surface area contributed by atoms with Crippen LogP contribution in [0.15, 0.2) is 66.7 Å². The summed E-state index contributed by atoms with van der Waals surface area (Å²) in [6.45, 7) is 28.3. The summed E-state index contributed by atoms with van der Waals surface area (Å²) in [5.74, 6) is -6.86. The van der Waals surface area contributed by atoms with Crippen LogP contribution in [0.2, 0.25) is 0 Å². The fourth-order valence-electron chi connectivity index (χ4n) is 13.0. The Labute approximate surface area is 562 Å². The topological polar surface area (TPSA) is 304 Å². The molecule has 12 atom stereocenters. The van der Waals surface area contributed by atoms with E-state index in [4.69, 9.17) is 9.47 Å². The van der Waals surface area contributed by atoms with Crippen molar-refractivity contribution in [1.29, 1.82) is 0 Å². The van der Waals surface area contributed by atoms with Crippen LogP contribution in [-0.2, 0) is 38.2 Å². The van der Waals surface area contributed by atoms with Crippen molar-refractivity contribution in [3.05, 3.63) is 89.2 Å². The van der Waals surface area contributed by atoms with Crippen molar-refractivity contribution in [2.75, 3.05) is 41.4 Å². The highest BCUT2D eigenvalue weighted by Crippen LogP contribution is 2.39. The lowest BCUT2D eigenvalue weighted by Crippen LogP contribution is -2.62. The van der Waals surface area contributed by atoms with Crippen LogP contribution in [0.5, 0.6) is 11.5 Å². The van der Waals surface area contributed by atoms with Gasteiger partial charge < -0.3 is 60.8 Å². The number of likely N-dealkylation sites (N-methyl/N-ethyl adjacent to an activating group) is 2. The van der Waals surface area contributed by atoms with E-state index >= 15 is 4.79 Å². The number of amides is 7. The number of phenolic OH excluding ortho intramolecular Hbond substituents is 2. The second-order valence-corrected chi connectivity index (χ2v) is 27.5. The average molecular weight is 1320 g/mol. The Morgan fingerprint density at radius 1 is 0.684 bits per heavy atom. The highest BCUT2D eigenvalue weighted by molar-refractivity contribution is 5.99. The number of likely N-dealkylation sites (tertiary alicyclic amines) is 1. The molecular weight excluding hydrogens is 1210 g/mol. The number of ether oxygens (including phenoxy) is 2. The van der Waals surface area contributed by atoms with Crippen LogP contribution in [0, 0.1) is 41.4 Å². The number of benzene rings is 3. The van der Waals surface area contributed by atoms with Crippen LogP contribution < -0.4 is 21.3 Å². The van der Waals surface area contributed by atoms with E-state index in [-0.39, 0.29) is 95.4 Å². The zero-order valence-electron chi connectivity index (χ0n) is 59.4. The van der Waals surface area contributed by atoms with Gasteiger partial charge in [0.25, 0.3) is 11.8 Å². The maximum atomic E-state index is 15.0. The number of aliphatic hydroxyl groups excluding tert-OH is 1. The first-order valence-corrected chi connectivity index (χ1v) is 33.7. The monoisotopic (exact) mass is 1320 g/mol. The van der Waals surface area contributed by atoms with Gasteiger partial charge in [0.1, 0.15) is 41.4 Å². The van der Waals surface area contributed by atoms with Crippen molar-refractivity contribution in [3.63, 3.8) is 0 Å². The first-order chi connectivity index (χ1) is 44.8. The molecule has 7 N–H and O–H groups in total. The molecule has 1 aliphatic heterocycles. The maximum absolute atomic E-state index is 15.0. The lowest BCUT2D eigenvalue weighted by atomic mass is 9.85. The highest BCUT2D eigenvalue weighted by Gasteiger charge is 2.45. The van der Waals surface area contributed by atoms with E-state index < -0.39 is 114 Å². The number of aliphatic hydroxyl groups is 1. The summed E-state index contributed by atoms with van der Waals surface area (Å²) in [5.41, 5.74) is 1.97. The zero-order valence-corrected chi connectivity index (χ0v) is 59.4. The molecule has 1 saturated heterocycles. The average Bonchev–Trinajstić information content (AvgIpc) is 1.68. The molecule has 2 heterocycles. The summed E-state index contributed by atoms with van der Waals surface area (Å²) in [5, 5.41) is 52.6. The van der Waals surface area contributed by atoms with Gasteiger partial charge in [0.05, 0.1) is 42.4 Å². The number of aromatic hydroxyl groups is 2. The first kappa shape index (κ1) is 77.9. The quantitative estimate of drug-likeness (QED) is 0.0231. The van der Waals surface area contributed by atoms with Crippen LogP contribution in [0.4, 0.5) is 0 Å². The standard InChI is InChI=1S/C72H108N10O13/c1-20-44(13)62(57(94-18)38-58(86)81-33-25-28-53(81)64(95-19)46(15)54(83)35-45(14)63(87)47-26-23-22-24-27-47)80(17)72(93)60(42(9)10)76-69(90)61(43(11)12)79(16)71(92)52(34-39(3)4)74-68(89)59(41(7)8)75-67(88)48-29-31-49(32-30-48)82-65(77-78-66(82)70(91)73-21-2)51-36-50(40(5)6)55(84)37-56(51)85/h22-24,26-27,29-32,36-37,39-46,52-53,57,59-64,84-85,87H,20-21,25,28,33-35,38H2,1-19H3,(H,73,91)(H,74,89)(H,75,88)(H,76,90)/t44-,45+,46-,52-,53+,57+,59-,60-,61+,62?,63-,64-/m0/s1. The lowest BCUT2D eigenvalue weighted by Gasteiger charge is -2.41. The van der Waals surface area contributed by atoms with Gasteiger partial charge in [-0.3, -0.25) is 42.9 Å². The third kappa shape index (κ3) is 19.3. The summed E-state index contributed by atoms with van der Waals surface area (Å²) in [6.07, 6.45) is -0.0785. The molecule has 5 rings (SSSR count). The third-order valence-electron chi connectivity index (χ3n) is 18.6. The van der Waals surface area contributed by atoms with Gasteiger partial charge in [-0.05, 0) is 109 Å². The van der Waals surface area contributed by atoms with Crippen molar-refractivity contribution < 1.29 is 63.1 Å². The molecule has 0 radical (unpaired) electrons. The number of carbonyl (C=O) groups is 8. The van der Waals surface area contributed by atoms with Gasteiger partial charge in [-0.2, -0.15) is 0 Å². The number of phenols is 2. The summed E-state index contributed by atoms with van der Waals surface area (Å²) in [7, 11) is 6.19. The molecule has 95 heavy (non-hydrogen) atoms. The van der Waals surface area contributed by atoms with Crippen LogP contribution in [-0.4, -0.2) is 182 Å². The van der Waals surface area contributed by atoms with E-state index in [0.717, 1.165) is 5.56 Å². The Balaban J connectivity index is 1.31. The number of aromatic nitrogens is 3. The van der Waals surface area contributed by atoms with Gasteiger partial charge >= 0.3 is 0 Å². The minimum absolute atomic E-state index is 0.0769. The fraction of sp³-hybridized carbons (Fsp3) is 0.611. The first-order valence-electron chi connectivity index (χ1n) is 33.7. The Bertz CT molecular complexity index is 3240. The Morgan fingerprint density at radius 2 is 1.32 bits per heavy atom. The second-order valence-electron chi connectivity index (χ2n) is 27.5. The zero-order chi connectivity index (χ0) is 71.0. The summed E-state index contributed by atoms with van der Waals surface area (Å²) >= 11 is 0. The summed E-state index contributed by atoms with van der Waals surface area (Å²) < 4.78 is 13.6. The molecule has 0 spiro atoms. The van der Waals surface area contributed by atoms with E-state index in [1.807, 2.05) is 99.6 Å². The highest BCUT2D eigenvalue weighted by atomic mass is 16.5. The number of hydrogen-bond acceptors (Lipinski definition) is 15. The Hall–Kier alpha value is -7.76. The third-order valence-corrected chi connectivity index (χ3v) is 18.6. The van der Waals surface area contributed by atoms with Crippen LogP contribution >= 0.6 is 0 Å². The second kappa shape index (κ2) is 35.3. The van der Waals surface area contributed by atoms with E-state index in [0.29, 0.717) is 37.1 Å². The Morgan fingerprint density at radius 3 is 1.86 bits per heavy atom. The number of nitrogens with one attached hydrogen (secondary N) is 4. The molecule has 3 aromatic carbocycles. The van der Waals surface area contributed by atoms with Crippen molar-refractivity contribution in [1.82, 2.24) is 50.7 Å². The van der Waals surface area contributed by atoms with Gasteiger partial charge in [0.15, 0.2) is 5.82 Å². The number of methoxy groups -OCH3 is 2. The molecular formula is C72H108N10O13. The Kier molecular flexibility index (Phi) is 29.0. The molecule has 23 nitrogen and oxygen atoms in total. The van der Waals surface area contributed by atoms with E-state index in [9.17, 15) is 48.9 Å². The maximum Gasteiger partial charge on any atom is 0.289 e. The van der Waals surface area contributed by atoms with Gasteiger partial charge in [0, 0.05) is 71.1 Å². The van der Waals surface area contributed by atoms with Crippen molar-refractivity contribution in [2.45, 2.75) is 203 Å². The molecule has 0 saturated carbocycles. The molecule has 1 aliphatic rings. The lowest BCUT2D eigenvalue weighted by molar-refractivity contribution is -0.149. The van der Waals surface area contributed by atoms with Crippen LogP contribution in [0.1, 0.15) is 187 Å². The van der Waals surface area contributed by atoms with Gasteiger partial charge in [-0.1, -0.05) is 134 Å². The van der Waals surface area contributed by atoms with E-state index in [1.54, 1.807) is 76.8 Å². The number of nitrogens with zero attached hydrogens (tertiary/aromatic N) is 6. The fourth-order valence-corrected chi connectivity index (χ4v) is 13.0. The minimum atomic E-state index is -1.14. The molecule has 7 amide bonds. The number of carbonyl (C=O) groups excluding carboxylic acids is 8. The van der Waals surface area contributed by atoms with E-state index in [1.165, 1.54) is 41.8 Å². The summed E-state index contributed by atoms with van der Waals surface area (Å²) in [4.78, 5) is 120. The smallest absolute Gasteiger partial charge is 0.289 e. The predicted molar refractivity (Wildman–Crippen MR) is 364 cm³/mol. The van der Waals surface area contributed by atoms with Crippen LogP contribution in [0.3, 0.4) is 0 Å². The predicted octanol–water partition coefficient (Wildman–Crippen LogP) is 8.38. The largest absolute Gasteiger partial charge is 0.508 e. The molecule has 1 aromatic heterocycles. The number of ketones is 1. The normalized spacial score (nSPS) is 16.9. The van der Waals surface area contributed by atoms with Crippen LogP contribution in [0.25, 0.3) is 17.1 Å². The van der Waals surface area contributed by atoms with Crippen molar-refractivity contribution >= 4 is 47.1 Å². The number of Topliss-reactive ketones (excluding diaryl/α,β-unsaturated/α-hetero) is 1. The van der Waals surface area contributed by atoms with E-state index in [2.05, 4.69) is 31.5 Å². The number of hydrogen-bond donors (Lipinski definition) is 7. The molecule has 524 valence electrons. The summed E-state index contributed by atoms with van der Waals surface area (Å²) in [6, 6.07) is 12.6. The molecule has 4 aromatic rings. The van der Waals surface area contributed by atoms with Crippen molar-refractivity contribution in [2.24, 2.45) is 41.4 Å². The molecule has 23 heteroatoms. The molecule has 0 aliphatic carbocycles. The molecule has 1 fully saturated rings. The van der Waals surface area contributed by atoms with Gasteiger partial charge in [-0.25, -0.2) is 0 Å². The van der Waals surface area contributed by atoms with Crippen molar-refractivity contribution in [3.8, 4) is 28.6 Å². The minimum Gasteiger partial charge on any atom is -0.508 e. The van der Waals surface area contributed by atoms with Gasteiger partial charge in [0.2, 0.25) is 35.4 Å². The van der Waals surface area contributed by atoms with Gasteiger partial charge in [-0.15, -0.1) is 10.2 Å². The number of rotatable bonds is 34. The molecule has 1 unspecified atom stereocenters.